The van der Waals surface area contributed by atoms with E-state index < -0.39 is 0 Å². The molecular formula is C13H19N3O. The Morgan fingerprint density at radius 1 is 1.47 bits per heavy atom. The van der Waals surface area contributed by atoms with Crippen molar-refractivity contribution in [1.29, 1.82) is 0 Å². The largest absolute Gasteiger partial charge is 0.334 e. The van der Waals surface area contributed by atoms with Crippen LogP contribution in [0.4, 0.5) is 0 Å². The molecule has 92 valence electrons. The molecule has 0 aromatic carbocycles. The van der Waals surface area contributed by atoms with Crippen LogP contribution in [0.1, 0.15) is 36.0 Å². The van der Waals surface area contributed by atoms with Gasteiger partial charge in [0, 0.05) is 31.5 Å². The molecule has 2 rings (SSSR count). The van der Waals surface area contributed by atoms with Gasteiger partial charge in [0.05, 0.1) is 5.56 Å². The van der Waals surface area contributed by atoms with Gasteiger partial charge in [-0.05, 0) is 25.0 Å². The number of amides is 1. The summed E-state index contributed by atoms with van der Waals surface area (Å²) in [4.78, 5) is 18.3. The summed E-state index contributed by atoms with van der Waals surface area (Å²) in [7, 11) is 0. The summed E-state index contributed by atoms with van der Waals surface area (Å²) in [5.74, 6) is 0.0652. The molecule has 1 aromatic heterocycles. The zero-order chi connectivity index (χ0) is 12.1. The maximum atomic E-state index is 12.4. The molecule has 1 unspecified atom stereocenters. The Kier molecular flexibility index (Phi) is 4.09. The SMILES string of the molecule is NCC1CCCCCN1C(=O)c1cccnc1. The van der Waals surface area contributed by atoms with E-state index in [-0.39, 0.29) is 11.9 Å². The van der Waals surface area contributed by atoms with Gasteiger partial charge in [-0.1, -0.05) is 12.8 Å². The van der Waals surface area contributed by atoms with Crippen LogP contribution in [0.5, 0.6) is 0 Å². The fourth-order valence-electron chi connectivity index (χ4n) is 2.34. The lowest BCUT2D eigenvalue weighted by Gasteiger charge is -2.29. The summed E-state index contributed by atoms with van der Waals surface area (Å²) in [6.45, 7) is 1.36. The predicted octanol–water partition coefficient (Wildman–Crippen LogP) is 1.43. The molecule has 0 radical (unpaired) electrons. The van der Waals surface area contributed by atoms with E-state index in [1.807, 2.05) is 11.0 Å². The Bertz CT molecular complexity index is 366. The number of carbonyl (C=O) groups excluding carboxylic acids is 1. The number of carbonyl (C=O) groups is 1. The first-order valence-corrected chi connectivity index (χ1v) is 6.24. The molecule has 1 aromatic rings. The molecular weight excluding hydrogens is 214 g/mol. The van der Waals surface area contributed by atoms with Crippen LogP contribution < -0.4 is 5.73 Å². The number of nitrogens with two attached hydrogens (primary N) is 1. The van der Waals surface area contributed by atoms with E-state index in [1.54, 1.807) is 18.5 Å². The predicted molar refractivity (Wildman–Crippen MR) is 66.6 cm³/mol. The molecule has 1 aliphatic heterocycles. The second-order valence-corrected chi connectivity index (χ2v) is 4.48. The Hall–Kier alpha value is -1.42. The van der Waals surface area contributed by atoms with Gasteiger partial charge in [0.1, 0.15) is 0 Å². The minimum Gasteiger partial charge on any atom is -0.334 e. The van der Waals surface area contributed by atoms with E-state index in [4.69, 9.17) is 5.73 Å². The van der Waals surface area contributed by atoms with Crippen molar-refractivity contribution in [3.05, 3.63) is 30.1 Å². The number of aromatic nitrogens is 1. The summed E-state index contributed by atoms with van der Waals surface area (Å²) in [5.41, 5.74) is 6.43. The summed E-state index contributed by atoms with van der Waals surface area (Å²) >= 11 is 0. The number of nitrogens with zero attached hydrogens (tertiary/aromatic N) is 2. The van der Waals surface area contributed by atoms with E-state index in [2.05, 4.69) is 4.98 Å². The maximum Gasteiger partial charge on any atom is 0.255 e. The smallest absolute Gasteiger partial charge is 0.255 e. The van der Waals surface area contributed by atoms with Gasteiger partial charge in [-0.15, -0.1) is 0 Å². The van der Waals surface area contributed by atoms with Gasteiger partial charge in [0.2, 0.25) is 0 Å². The van der Waals surface area contributed by atoms with Crippen molar-refractivity contribution in [2.45, 2.75) is 31.7 Å². The Morgan fingerprint density at radius 3 is 3.06 bits per heavy atom. The molecule has 4 heteroatoms. The third kappa shape index (κ3) is 2.82. The average molecular weight is 233 g/mol. The topological polar surface area (TPSA) is 59.2 Å². The van der Waals surface area contributed by atoms with E-state index in [1.165, 1.54) is 12.8 Å². The van der Waals surface area contributed by atoms with Crippen LogP contribution >= 0.6 is 0 Å². The monoisotopic (exact) mass is 233 g/mol. The van der Waals surface area contributed by atoms with Crippen LogP contribution in [0.15, 0.2) is 24.5 Å². The van der Waals surface area contributed by atoms with Crippen molar-refractivity contribution in [3.8, 4) is 0 Å². The molecule has 2 N–H and O–H groups in total. The number of pyridine rings is 1. The highest BCUT2D eigenvalue weighted by atomic mass is 16.2. The summed E-state index contributed by atoms with van der Waals surface area (Å²) in [5, 5.41) is 0. The molecule has 1 atom stereocenters. The highest BCUT2D eigenvalue weighted by Gasteiger charge is 2.25. The lowest BCUT2D eigenvalue weighted by Crippen LogP contribution is -2.44. The summed E-state index contributed by atoms with van der Waals surface area (Å²) in [6.07, 6.45) is 7.75. The van der Waals surface area contributed by atoms with Crippen molar-refractivity contribution in [2.24, 2.45) is 5.73 Å². The second-order valence-electron chi connectivity index (χ2n) is 4.48. The number of hydrogen-bond donors (Lipinski definition) is 1. The molecule has 4 nitrogen and oxygen atoms in total. The van der Waals surface area contributed by atoms with Crippen LogP contribution in [-0.4, -0.2) is 34.9 Å². The van der Waals surface area contributed by atoms with Crippen molar-refractivity contribution in [3.63, 3.8) is 0 Å². The molecule has 1 amide bonds. The van der Waals surface area contributed by atoms with Gasteiger partial charge in [-0.2, -0.15) is 0 Å². The van der Waals surface area contributed by atoms with Crippen LogP contribution in [0.2, 0.25) is 0 Å². The molecule has 0 bridgehead atoms. The van der Waals surface area contributed by atoms with Crippen LogP contribution in [0.3, 0.4) is 0 Å². The van der Waals surface area contributed by atoms with Gasteiger partial charge >= 0.3 is 0 Å². The van der Waals surface area contributed by atoms with Crippen molar-refractivity contribution in [2.75, 3.05) is 13.1 Å². The van der Waals surface area contributed by atoms with Gasteiger partial charge in [0.25, 0.3) is 5.91 Å². The maximum absolute atomic E-state index is 12.4. The molecule has 2 heterocycles. The minimum atomic E-state index is 0.0652. The van der Waals surface area contributed by atoms with Crippen molar-refractivity contribution in [1.82, 2.24) is 9.88 Å². The van der Waals surface area contributed by atoms with Gasteiger partial charge < -0.3 is 10.6 Å². The Balaban J connectivity index is 2.16. The van der Waals surface area contributed by atoms with Gasteiger partial charge in [0.15, 0.2) is 0 Å². The molecule has 17 heavy (non-hydrogen) atoms. The lowest BCUT2D eigenvalue weighted by atomic mass is 10.1. The van der Waals surface area contributed by atoms with Crippen LogP contribution in [0, 0.1) is 0 Å². The molecule has 1 fully saturated rings. The average Bonchev–Trinajstić information content (AvgIpc) is 2.64. The van der Waals surface area contributed by atoms with E-state index in [0.29, 0.717) is 12.1 Å². The number of rotatable bonds is 2. The fourth-order valence-corrected chi connectivity index (χ4v) is 2.34. The summed E-state index contributed by atoms with van der Waals surface area (Å²) in [6, 6.07) is 3.79. The molecule has 0 aliphatic carbocycles. The zero-order valence-electron chi connectivity index (χ0n) is 10.0. The van der Waals surface area contributed by atoms with Crippen LogP contribution in [0.25, 0.3) is 0 Å². The lowest BCUT2D eigenvalue weighted by molar-refractivity contribution is 0.0688. The minimum absolute atomic E-state index is 0.0652. The fraction of sp³-hybridized carbons (Fsp3) is 0.538. The molecule has 0 saturated carbocycles. The van der Waals surface area contributed by atoms with Crippen LogP contribution in [-0.2, 0) is 0 Å². The first kappa shape index (κ1) is 12.0. The standard InChI is InChI=1S/C13H19N3O/c14-9-12-6-2-1-3-8-16(12)13(17)11-5-4-7-15-10-11/h4-5,7,10,12H,1-3,6,8-9,14H2. The third-order valence-corrected chi connectivity index (χ3v) is 3.32. The zero-order valence-corrected chi connectivity index (χ0v) is 10.0. The second kappa shape index (κ2) is 5.77. The Morgan fingerprint density at radius 2 is 2.35 bits per heavy atom. The summed E-state index contributed by atoms with van der Waals surface area (Å²) < 4.78 is 0. The quantitative estimate of drug-likeness (QED) is 0.840. The van der Waals surface area contributed by atoms with Crippen molar-refractivity contribution >= 4 is 5.91 Å². The molecule has 0 spiro atoms. The normalized spacial score (nSPS) is 21.0. The first-order chi connectivity index (χ1) is 8.33. The highest BCUT2D eigenvalue weighted by Crippen LogP contribution is 2.18. The first-order valence-electron chi connectivity index (χ1n) is 6.24. The van der Waals surface area contributed by atoms with E-state index in [9.17, 15) is 4.79 Å². The number of likely N-dealkylation sites (tertiary alicyclic amines) is 1. The van der Waals surface area contributed by atoms with E-state index in [0.717, 1.165) is 19.4 Å². The molecule has 1 aliphatic rings. The van der Waals surface area contributed by atoms with Gasteiger partial charge in [-0.25, -0.2) is 0 Å². The van der Waals surface area contributed by atoms with E-state index >= 15 is 0 Å². The van der Waals surface area contributed by atoms with Crippen molar-refractivity contribution < 1.29 is 4.79 Å². The molecule has 1 saturated heterocycles. The highest BCUT2D eigenvalue weighted by molar-refractivity contribution is 5.94. The van der Waals surface area contributed by atoms with Gasteiger partial charge in [-0.3, -0.25) is 9.78 Å². The Labute approximate surface area is 102 Å². The number of hydrogen-bond acceptors (Lipinski definition) is 3. The third-order valence-electron chi connectivity index (χ3n) is 3.32.